The minimum Gasteiger partial charge on any atom is -0.462 e. The summed E-state index contributed by atoms with van der Waals surface area (Å²) in [5.41, 5.74) is 1.68. The van der Waals surface area contributed by atoms with E-state index < -0.39 is 23.9 Å². The van der Waals surface area contributed by atoms with Crippen molar-refractivity contribution in [1.29, 1.82) is 0 Å². The molecule has 9 heteroatoms. The summed E-state index contributed by atoms with van der Waals surface area (Å²) < 4.78 is 15.6. The number of nitrogens with one attached hydrogen (secondary N) is 2. The van der Waals surface area contributed by atoms with Gasteiger partial charge in [0.2, 0.25) is 6.10 Å². The van der Waals surface area contributed by atoms with Gasteiger partial charge in [0.15, 0.2) is 5.82 Å². The van der Waals surface area contributed by atoms with Crippen molar-refractivity contribution in [1.82, 2.24) is 10.1 Å². The number of hydrogen-bond acceptors (Lipinski definition) is 7. The molecule has 0 saturated heterocycles. The number of ether oxygens (including phenoxy) is 2. The predicted octanol–water partition coefficient (Wildman–Crippen LogP) is 3.64. The van der Waals surface area contributed by atoms with Crippen LogP contribution in [-0.2, 0) is 14.3 Å². The third kappa shape index (κ3) is 4.82. The number of benzene rings is 1. The van der Waals surface area contributed by atoms with Crippen molar-refractivity contribution in [3.8, 4) is 0 Å². The van der Waals surface area contributed by atoms with E-state index in [1.807, 2.05) is 0 Å². The number of aryl methyl sites for hydroxylation is 2. The number of carbonyl (C=O) groups is 3. The van der Waals surface area contributed by atoms with Crippen molar-refractivity contribution >= 4 is 23.7 Å². The van der Waals surface area contributed by atoms with E-state index >= 15 is 0 Å². The molecule has 0 fully saturated rings. The normalized spacial score (nSPS) is 11.6. The second kappa shape index (κ2) is 9.29. The average Bonchev–Trinajstić information content (AvgIpc) is 3.28. The minimum absolute atomic E-state index is 0.0755. The molecule has 0 saturated carbocycles. The van der Waals surface area contributed by atoms with Crippen molar-refractivity contribution in [2.75, 3.05) is 11.9 Å². The smallest absolute Gasteiger partial charge is 0.356 e. The molecule has 2 heterocycles. The van der Waals surface area contributed by atoms with E-state index in [2.05, 4.69) is 15.5 Å². The molecule has 2 aromatic heterocycles. The summed E-state index contributed by atoms with van der Waals surface area (Å²) in [5.74, 6) is -1.19. The van der Waals surface area contributed by atoms with E-state index in [1.165, 1.54) is 0 Å². The Hall–Kier alpha value is -3.88. The zero-order chi connectivity index (χ0) is 22.5. The van der Waals surface area contributed by atoms with Gasteiger partial charge in [0, 0.05) is 17.3 Å². The molecule has 0 radical (unpaired) electrons. The quantitative estimate of drug-likeness (QED) is 0.554. The number of rotatable bonds is 7. The van der Waals surface area contributed by atoms with E-state index in [0.29, 0.717) is 22.6 Å². The molecule has 0 bridgehead atoms. The summed E-state index contributed by atoms with van der Waals surface area (Å²) in [6.07, 6.45) is -1.25. The van der Waals surface area contributed by atoms with Crippen molar-refractivity contribution in [2.24, 2.45) is 0 Å². The molecule has 162 valence electrons. The number of nitrogens with zero attached hydrogens (tertiary/aromatic N) is 1. The predicted molar refractivity (Wildman–Crippen MR) is 111 cm³/mol. The first-order valence-electron chi connectivity index (χ1n) is 9.68. The summed E-state index contributed by atoms with van der Waals surface area (Å²) in [6.45, 7) is 6.87. The van der Waals surface area contributed by atoms with Gasteiger partial charge in [-0.2, -0.15) is 0 Å². The maximum atomic E-state index is 12.9. The molecule has 0 aliphatic rings. The van der Waals surface area contributed by atoms with Gasteiger partial charge < -0.3 is 24.3 Å². The summed E-state index contributed by atoms with van der Waals surface area (Å²) in [7, 11) is 0. The van der Waals surface area contributed by atoms with Crippen LogP contribution in [0.25, 0.3) is 0 Å². The van der Waals surface area contributed by atoms with Gasteiger partial charge in [-0.1, -0.05) is 35.5 Å². The van der Waals surface area contributed by atoms with Gasteiger partial charge in [0.05, 0.1) is 12.2 Å². The van der Waals surface area contributed by atoms with Gasteiger partial charge in [-0.15, -0.1) is 0 Å². The summed E-state index contributed by atoms with van der Waals surface area (Å²) in [5, 5.41) is 6.31. The Morgan fingerprint density at radius 1 is 1.13 bits per heavy atom. The molecule has 9 nitrogen and oxygen atoms in total. The highest BCUT2D eigenvalue weighted by Gasteiger charge is 2.30. The third-order valence-corrected chi connectivity index (χ3v) is 4.57. The lowest BCUT2D eigenvalue weighted by atomic mass is 10.1. The number of carbonyl (C=O) groups excluding carboxylic acids is 3. The highest BCUT2D eigenvalue weighted by atomic mass is 16.5. The Labute approximate surface area is 178 Å². The van der Waals surface area contributed by atoms with Crippen LogP contribution < -0.4 is 5.32 Å². The van der Waals surface area contributed by atoms with Gasteiger partial charge in [-0.3, -0.25) is 4.79 Å². The molecule has 0 spiro atoms. The van der Waals surface area contributed by atoms with Crippen LogP contribution in [-0.4, -0.2) is 34.6 Å². The summed E-state index contributed by atoms with van der Waals surface area (Å²) >= 11 is 0. The number of aromatic amines is 1. The molecule has 31 heavy (non-hydrogen) atoms. The van der Waals surface area contributed by atoms with Crippen molar-refractivity contribution in [3.63, 3.8) is 0 Å². The van der Waals surface area contributed by atoms with Gasteiger partial charge in [-0.25, -0.2) is 9.59 Å². The zero-order valence-corrected chi connectivity index (χ0v) is 17.6. The molecular formula is C22H23N3O6. The van der Waals surface area contributed by atoms with E-state index in [9.17, 15) is 14.4 Å². The highest BCUT2D eigenvalue weighted by molar-refractivity contribution is 6.00. The molecule has 1 unspecified atom stereocenters. The number of amides is 1. The molecule has 0 aliphatic carbocycles. The van der Waals surface area contributed by atoms with Gasteiger partial charge in [-0.05, 0) is 33.3 Å². The molecule has 0 aliphatic heterocycles. The topological polar surface area (TPSA) is 124 Å². The van der Waals surface area contributed by atoms with Crippen LogP contribution in [0.5, 0.6) is 0 Å². The van der Waals surface area contributed by atoms with Crippen molar-refractivity contribution in [2.45, 2.75) is 33.8 Å². The van der Waals surface area contributed by atoms with Gasteiger partial charge in [0.1, 0.15) is 11.5 Å². The van der Waals surface area contributed by atoms with E-state index in [1.54, 1.807) is 64.1 Å². The molecule has 3 rings (SSSR count). The lowest BCUT2D eigenvalue weighted by molar-refractivity contribution is -0.125. The molecule has 1 atom stereocenters. The second-order valence-electron chi connectivity index (χ2n) is 6.85. The van der Waals surface area contributed by atoms with Crippen LogP contribution in [0.3, 0.4) is 0 Å². The highest BCUT2D eigenvalue weighted by Crippen LogP contribution is 2.25. The lowest BCUT2D eigenvalue weighted by Crippen LogP contribution is -2.26. The number of hydrogen-bond donors (Lipinski definition) is 2. The Bertz CT molecular complexity index is 1100. The van der Waals surface area contributed by atoms with Crippen LogP contribution in [0.15, 0.2) is 40.9 Å². The third-order valence-electron chi connectivity index (χ3n) is 4.57. The summed E-state index contributed by atoms with van der Waals surface area (Å²) in [4.78, 5) is 40.9. The maximum absolute atomic E-state index is 12.9. The van der Waals surface area contributed by atoms with Crippen LogP contribution in [0.1, 0.15) is 56.5 Å². The van der Waals surface area contributed by atoms with Crippen molar-refractivity contribution < 1.29 is 28.4 Å². The van der Waals surface area contributed by atoms with Crippen LogP contribution in [0, 0.1) is 20.8 Å². The van der Waals surface area contributed by atoms with Crippen LogP contribution >= 0.6 is 0 Å². The average molecular weight is 425 g/mol. The fraction of sp³-hybridized carbons (Fsp3) is 0.273. The van der Waals surface area contributed by atoms with E-state index in [0.717, 1.165) is 0 Å². The lowest BCUT2D eigenvalue weighted by Gasteiger charge is -2.17. The molecule has 1 amide bonds. The number of anilines is 1. The van der Waals surface area contributed by atoms with Crippen LogP contribution in [0.4, 0.5) is 5.82 Å². The Kier molecular flexibility index (Phi) is 6.54. The standard InChI is InChI=1S/C22H23N3O6/c1-5-29-21(27)17-13(3)18(23-14(17)4)22(28)30-19(15-9-7-6-8-10-15)20(26)24-16-11-12(2)31-25-16/h6-11,19,23H,5H2,1-4H3,(H,24,25,26). The first-order valence-corrected chi connectivity index (χ1v) is 9.68. The van der Waals surface area contributed by atoms with Gasteiger partial charge >= 0.3 is 11.9 Å². The maximum Gasteiger partial charge on any atom is 0.356 e. The first-order chi connectivity index (χ1) is 14.8. The molecule has 1 aromatic carbocycles. The molecule has 2 N–H and O–H groups in total. The van der Waals surface area contributed by atoms with Crippen molar-refractivity contribution in [3.05, 3.63) is 70.2 Å². The number of esters is 2. The number of aromatic nitrogens is 2. The summed E-state index contributed by atoms with van der Waals surface area (Å²) in [6, 6.07) is 10.1. The Balaban J connectivity index is 1.88. The van der Waals surface area contributed by atoms with E-state index in [4.69, 9.17) is 14.0 Å². The SMILES string of the molecule is CCOC(=O)c1c(C)[nH]c(C(=O)OC(C(=O)Nc2cc(C)on2)c2ccccc2)c1C. The molecule has 3 aromatic rings. The number of H-pyrrole nitrogens is 1. The van der Waals surface area contributed by atoms with Crippen LogP contribution in [0.2, 0.25) is 0 Å². The zero-order valence-electron chi connectivity index (χ0n) is 17.6. The minimum atomic E-state index is -1.25. The molecular weight excluding hydrogens is 402 g/mol. The fourth-order valence-electron chi connectivity index (χ4n) is 3.15. The Morgan fingerprint density at radius 2 is 1.84 bits per heavy atom. The Morgan fingerprint density at radius 3 is 2.45 bits per heavy atom. The first kappa shape index (κ1) is 21.8. The monoisotopic (exact) mass is 425 g/mol. The largest absolute Gasteiger partial charge is 0.462 e. The van der Waals surface area contributed by atoms with E-state index in [-0.39, 0.29) is 23.7 Å². The second-order valence-corrected chi connectivity index (χ2v) is 6.85. The fourth-order valence-corrected chi connectivity index (χ4v) is 3.15. The van der Waals surface area contributed by atoms with Gasteiger partial charge in [0.25, 0.3) is 5.91 Å².